The molecular weight excluding hydrogens is 500 g/mol. The fourth-order valence-corrected chi connectivity index (χ4v) is 4.34. The lowest BCUT2D eigenvalue weighted by Gasteiger charge is -2.44. The van der Waals surface area contributed by atoms with Crippen molar-refractivity contribution in [3.63, 3.8) is 0 Å². The lowest BCUT2D eigenvalue weighted by atomic mass is 9.95. The van der Waals surface area contributed by atoms with Crippen LogP contribution in [-0.4, -0.2) is 50.4 Å². The molecule has 0 saturated carbocycles. The molecule has 1 heterocycles. The first kappa shape index (κ1) is 28.1. The zero-order valence-corrected chi connectivity index (χ0v) is 21.7. The first-order chi connectivity index (χ1) is 19.2. The van der Waals surface area contributed by atoms with Crippen LogP contribution in [0.4, 0.5) is 4.79 Å². The van der Waals surface area contributed by atoms with Crippen LogP contribution in [0.25, 0.3) is 10.4 Å². The number of nitrogens with one attached hydrogen (secondary N) is 1. The van der Waals surface area contributed by atoms with E-state index in [1.165, 1.54) is 7.11 Å². The SMILES string of the molecule is COC(=O)N[C@H]1O[C@H](COCc2ccccc2)[C@@H](OCc2ccccc2)[C@H](OCc2ccccc2)[C@@H]1N=[N+]=[N-]. The van der Waals surface area contributed by atoms with E-state index in [2.05, 4.69) is 15.3 Å². The normalized spacial score (nSPS) is 22.4. The number of carbonyl (C=O) groups excluding carboxylic acids is 1. The van der Waals surface area contributed by atoms with E-state index in [4.69, 9.17) is 23.7 Å². The van der Waals surface area contributed by atoms with Gasteiger partial charge in [-0.3, -0.25) is 5.32 Å². The van der Waals surface area contributed by atoms with Gasteiger partial charge in [0.1, 0.15) is 24.5 Å². The number of azide groups is 1. The Hall–Kier alpha value is -3.92. The second-order valence-corrected chi connectivity index (χ2v) is 8.95. The third-order valence-electron chi connectivity index (χ3n) is 6.25. The van der Waals surface area contributed by atoms with E-state index in [1.807, 2.05) is 91.0 Å². The van der Waals surface area contributed by atoms with E-state index < -0.39 is 36.7 Å². The Bertz CT molecular complexity index is 1190. The molecule has 0 bridgehead atoms. The van der Waals surface area contributed by atoms with Crippen LogP contribution in [0.3, 0.4) is 0 Å². The Morgan fingerprint density at radius 1 is 0.846 bits per heavy atom. The highest BCUT2D eigenvalue weighted by Crippen LogP contribution is 2.30. The maximum absolute atomic E-state index is 12.2. The molecule has 0 aromatic heterocycles. The third-order valence-corrected chi connectivity index (χ3v) is 6.25. The van der Waals surface area contributed by atoms with Crippen molar-refractivity contribution in [1.82, 2.24) is 5.32 Å². The Kier molecular flexibility index (Phi) is 10.7. The van der Waals surface area contributed by atoms with E-state index >= 15 is 0 Å². The molecule has 0 unspecified atom stereocenters. The minimum Gasteiger partial charge on any atom is -0.453 e. The Labute approximate surface area is 227 Å². The van der Waals surface area contributed by atoms with Crippen molar-refractivity contribution in [2.45, 2.75) is 50.4 Å². The van der Waals surface area contributed by atoms with E-state index in [1.54, 1.807) is 0 Å². The highest BCUT2D eigenvalue weighted by Gasteiger charge is 2.48. The molecule has 0 spiro atoms. The minimum atomic E-state index is -1.03. The average molecular weight is 533 g/mol. The van der Waals surface area contributed by atoms with Crippen molar-refractivity contribution in [3.05, 3.63) is 118 Å². The third kappa shape index (κ3) is 8.28. The average Bonchev–Trinajstić information content (AvgIpc) is 2.98. The zero-order chi connectivity index (χ0) is 27.3. The molecule has 4 rings (SSSR count). The molecule has 39 heavy (non-hydrogen) atoms. The maximum atomic E-state index is 12.2. The first-order valence-corrected chi connectivity index (χ1v) is 12.6. The summed E-state index contributed by atoms with van der Waals surface area (Å²) in [5.74, 6) is 0. The Morgan fingerprint density at radius 2 is 1.36 bits per heavy atom. The highest BCUT2D eigenvalue weighted by atomic mass is 16.6. The standard InChI is InChI=1S/C29H32N4O6/c1-35-29(34)31-28-25(32-33-30)27(38-19-23-15-9-4-10-16-23)26(37-18-22-13-7-3-8-14-22)24(39-28)20-36-17-21-11-5-2-6-12-21/h2-16,24-28H,17-20H2,1H3,(H,31,34)/t24-,25+,26-,27-,28+/m1/s1. The van der Waals surface area contributed by atoms with Crippen LogP contribution >= 0.6 is 0 Å². The number of hydrogen-bond acceptors (Lipinski definition) is 7. The molecular formula is C29H32N4O6. The fourth-order valence-electron chi connectivity index (χ4n) is 4.34. The molecule has 1 fully saturated rings. The number of rotatable bonds is 12. The summed E-state index contributed by atoms with van der Waals surface area (Å²) >= 11 is 0. The van der Waals surface area contributed by atoms with Crippen LogP contribution in [0.2, 0.25) is 0 Å². The van der Waals surface area contributed by atoms with Crippen LogP contribution in [0, 0.1) is 0 Å². The molecule has 10 nitrogen and oxygen atoms in total. The lowest BCUT2D eigenvalue weighted by molar-refractivity contribution is -0.231. The summed E-state index contributed by atoms with van der Waals surface area (Å²) < 4.78 is 29.8. The molecule has 10 heteroatoms. The van der Waals surface area contributed by atoms with Crippen molar-refractivity contribution in [3.8, 4) is 0 Å². The number of ether oxygens (including phenoxy) is 5. The Balaban J connectivity index is 1.60. The van der Waals surface area contributed by atoms with Gasteiger partial charge in [0, 0.05) is 4.91 Å². The van der Waals surface area contributed by atoms with Crippen molar-refractivity contribution in [2.75, 3.05) is 13.7 Å². The van der Waals surface area contributed by atoms with Gasteiger partial charge >= 0.3 is 6.09 Å². The smallest absolute Gasteiger partial charge is 0.408 e. The van der Waals surface area contributed by atoms with Crippen molar-refractivity contribution in [1.29, 1.82) is 0 Å². The topological polar surface area (TPSA) is 124 Å². The number of amides is 1. The van der Waals surface area contributed by atoms with Gasteiger partial charge in [-0.25, -0.2) is 4.79 Å². The number of benzene rings is 3. The van der Waals surface area contributed by atoms with Gasteiger partial charge < -0.3 is 23.7 Å². The molecule has 1 saturated heterocycles. The molecule has 5 atom stereocenters. The minimum absolute atomic E-state index is 0.141. The molecule has 204 valence electrons. The van der Waals surface area contributed by atoms with Gasteiger partial charge in [-0.1, -0.05) is 96.1 Å². The molecule has 3 aromatic rings. The van der Waals surface area contributed by atoms with Gasteiger partial charge in [0.05, 0.1) is 39.6 Å². The molecule has 1 aliphatic rings. The summed E-state index contributed by atoms with van der Waals surface area (Å²) in [6, 6.07) is 28.1. The highest BCUT2D eigenvalue weighted by molar-refractivity contribution is 5.67. The van der Waals surface area contributed by atoms with Crippen LogP contribution in [0.15, 0.2) is 96.1 Å². The summed E-state index contributed by atoms with van der Waals surface area (Å²) in [6.45, 7) is 1.00. The molecule has 0 radical (unpaired) electrons. The summed E-state index contributed by atoms with van der Waals surface area (Å²) in [5.41, 5.74) is 12.3. The molecule has 1 amide bonds. The van der Waals surface area contributed by atoms with E-state index in [9.17, 15) is 10.3 Å². The first-order valence-electron chi connectivity index (χ1n) is 12.6. The number of carbonyl (C=O) groups is 1. The molecule has 1 N–H and O–H groups in total. The van der Waals surface area contributed by atoms with E-state index in [0.717, 1.165) is 16.7 Å². The van der Waals surface area contributed by atoms with Gasteiger partial charge in [-0.05, 0) is 22.2 Å². The summed E-state index contributed by atoms with van der Waals surface area (Å²) in [7, 11) is 1.25. The van der Waals surface area contributed by atoms with Gasteiger partial charge in [0.2, 0.25) is 0 Å². The molecule has 0 aliphatic carbocycles. The fraction of sp³-hybridized carbons (Fsp3) is 0.345. The van der Waals surface area contributed by atoms with Crippen LogP contribution < -0.4 is 5.32 Å². The van der Waals surface area contributed by atoms with Gasteiger partial charge in [-0.2, -0.15) is 0 Å². The number of nitrogens with zero attached hydrogens (tertiary/aromatic N) is 3. The Morgan fingerprint density at radius 3 is 1.87 bits per heavy atom. The summed E-state index contributed by atoms with van der Waals surface area (Å²) in [6.07, 6.45) is -3.88. The molecule has 1 aliphatic heterocycles. The van der Waals surface area contributed by atoms with Crippen LogP contribution in [0.1, 0.15) is 16.7 Å². The lowest BCUT2D eigenvalue weighted by Crippen LogP contribution is -2.64. The van der Waals surface area contributed by atoms with Crippen molar-refractivity contribution >= 4 is 6.09 Å². The predicted molar refractivity (Wildman–Crippen MR) is 143 cm³/mol. The predicted octanol–water partition coefficient (Wildman–Crippen LogP) is 5.13. The quantitative estimate of drug-likeness (QED) is 0.196. The van der Waals surface area contributed by atoms with Crippen LogP contribution in [0.5, 0.6) is 0 Å². The van der Waals surface area contributed by atoms with Gasteiger partial charge in [0.15, 0.2) is 0 Å². The monoisotopic (exact) mass is 532 g/mol. The van der Waals surface area contributed by atoms with E-state index in [-0.39, 0.29) is 19.8 Å². The number of alkyl carbamates (subject to hydrolysis) is 1. The van der Waals surface area contributed by atoms with Gasteiger partial charge in [0.25, 0.3) is 0 Å². The molecule has 3 aromatic carbocycles. The van der Waals surface area contributed by atoms with Crippen LogP contribution in [-0.2, 0) is 43.5 Å². The second kappa shape index (κ2) is 14.9. The summed E-state index contributed by atoms with van der Waals surface area (Å²) in [4.78, 5) is 15.2. The van der Waals surface area contributed by atoms with Gasteiger partial charge in [-0.15, -0.1) is 0 Å². The zero-order valence-electron chi connectivity index (χ0n) is 21.7. The maximum Gasteiger partial charge on any atom is 0.408 e. The van der Waals surface area contributed by atoms with Crippen molar-refractivity contribution in [2.24, 2.45) is 5.11 Å². The number of hydrogen-bond donors (Lipinski definition) is 1. The van der Waals surface area contributed by atoms with Crippen molar-refractivity contribution < 1.29 is 28.5 Å². The summed E-state index contributed by atoms with van der Waals surface area (Å²) in [5, 5.41) is 6.58. The second-order valence-electron chi connectivity index (χ2n) is 8.95. The van der Waals surface area contributed by atoms with E-state index in [0.29, 0.717) is 6.61 Å². The number of methoxy groups -OCH3 is 1. The largest absolute Gasteiger partial charge is 0.453 e.